The molecule has 0 aliphatic carbocycles. The molecule has 0 fully saturated rings. The minimum Gasteiger partial charge on any atom is -0.494 e. The van der Waals surface area contributed by atoms with E-state index in [4.69, 9.17) is 9.47 Å². The lowest BCUT2D eigenvalue weighted by atomic mass is 10.1. The number of hydrogen-bond donors (Lipinski definition) is 0. The highest BCUT2D eigenvalue weighted by molar-refractivity contribution is 5.56. The predicted molar refractivity (Wildman–Crippen MR) is 120 cm³/mol. The van der Waals surface area contributed by atoms with Crippen LogP contribution in [0.25, 0.3) is 11.4 Å². The van der Waals surface area contributed by atoms with E-state index in [1.807, 2.05) is 31.2 Å². The van der Waals surface area contributed by atoms with Crippen molar-refractivity contribution in [1.82, 2.24) is 9.97 Å². The van der Waals surface area contributed by atoms with Gasteiger partial charge in [0, 0.05) is 5.56 Å². The summed E-state index contributed by atoms with van der Waals surface area (Å²) in [6, 6.07) is 8.00. The van der Waals surface area contributed by atoms with Crippen LogP contribution in [-0.2, 0) is 0 Å². The lowest BCUT2D eigenvalue weighted by Crippen LogP contribution is -1.99. The fraction of sp³-hybridized carbons (Fsp3) is 0.520. The molecule has 0 amide bonds. The maximum atomic E-state index is 5.85. The fourth-order valence-electron chi connectivity index (χ4n) is 3.05. The van der Waals surface area contributed by atoms with E-state index in [9.17, 15) is 0 Å². The largest absolute Gasteiger partial charge is 0.494 e. The summed E-state index contributed by atoms with van der Waals surface area (Å²) in [6.07, 6.45) is 18.8. The highest BCUT2D eigenvalue weighted by atomic mass is 16.5. The van der Waals surface area contributed by atoms with Crippen LogP contribution in [-0.4, -0.2) is 23.2 Å². The Morgan fingerprint density at radius 3 is 2.07 bits per heavy atom. The van der Waals surface area contributed by atoms with Crippen LogP contribution in [0.1, 0.15) is 71.6 Å². The van der Waals surface area contributed by atoms with E-state index in [2.05, 4.69) is 29.0 Å². The lowest BCUT2D eigenvalue weighted by molar-refractivity contribution is 0.304. The number of rotatable bonds is 15. The van der Waals surface area contributed by atoms with Gasteiger partial charge in [-0.1, -0.05) is 57.6 Å². The first-order valence-electron chi connectivity index (χ1n) is 11.1. The van der Waals surface area contributed by atoms with Gasteiger partial charge in [-0.25, -0.2) is 9.97 Å². The Bertz CT molecular complexity index is 681. The van der Waals surface area contributed by atoms with Crippen LogP contribution >= 0.6 is 0 Å². The zero-order chi connectivity index (χ0) is 20.6. The molecule has 4 nitrogen and oxygen atoms in total. The number of allylic oxidation sites excluding steroid dienone is 2. The molecular weight excluding hydrogens is 360 g/mol. The SMILES string of the molecule is C/C=C/CCCOc1cnc(-c2ccc(OCCCCCCCCC)cc2)nc1. The Morgan fingerprint density at radius 1 is 0.759 bits per heavy atom. The third-order valence-electron chi connectivity index (χ3n) is 4.78. The van der Waals surface area contributed by atoms with Crippen LogP contribution in [0.5, 0.6) is 11.5 Å². The quantitative estimate of drug-likeness (QED) is 0.240. The second kappa shape index (κ2) is 14.6. The number of hydrogen-bond acceptors (Lipinski definition) is 4. The van der Waals surface area contributed by atoms with Crippen LogP contribution in [0.4, 0.5) is 0 Å². The maximum Gasteiger partial charge on any atom is 0.159 e. The van der Waals surface area contributed by atoms with E-state index in [1.165, 1.54) is 38.5 Å². The first-order valence-corrected chi connectivity index (χ1v) is 11.1. The first-order chi connectivity index (χ1) is 14.3. The third kappa shape index (κ3) is 9.60. The number of unbranched alkanes of at least 4 members (excludes halogenated alkanes) is 7. The number of ether oxygens (including phenoxy) is 2. The molecule has 1 heterocycles. The maximum absolute atomic E-state index is 5.85. The van der Waals surface area contributed by atoms with Crippen molar-refractivity contribution >= 4 is 0 Å². The molecule has 0 aliphatic heterocycles. The summed E-state index contributed by atoms with van der Waals surface area (Å²) in [5.74, 6) is 2.31. The van der Waals surface area contributed by atoms with Crippen molar-refractivity contribution < 1.29 is 9.47 Å². The Balaban J connectivity index is 1.68. The van der Waals surface area contributed by atoms with E-state index in [0.717, 1.165) is 37.2 Å². The van der Waals surface area contributed by atoms with Crippen molar-refractivity contribution in [2.45, 2.75) is 71.6 Å². The zero-order valence-corrected chi connectivity index (χ0v) is 18.1. The average Bonchev–Trinajstić information content (AvgIpc) is 2.76. The Labute approximate surface area is 176 Å². The molecule has 0 saturated heterocycles. The van der Waals surface area contributed by atoms with Crippen molar-refractivity contribution in [3.05, 3.63) is 48.8 Å². The Kier molecular flexibility index (Phi) is 11.6. The van der Waals surface area contributed by atoms with Gasteiger partial charge in [-0.2, -0.15) is 0 Å². The van der Waals surface area contributed by atoms with Crippen molar-refractivity contribution in [3.8, 4) is 22.9 Å². The third-order valence-corrected chi connectivity index (χ3v) is 4.78. The molecular formula is C25H36N2O2. The van der Waals surface area contributed by atoms with E-state index in [0.29, 0.717) is 18.2 Å². The molecule has 0 atom stereocenters. The summed E-state index contributed by atoms with van der Waals surface area (Å²) in [5.41, 5.74) is 0.980. The summed E-state index contributed by atoms with van der Waals surface area (Å²) in [7, 11) is 0. The molecule has 0 unspecified atom stereocenters. The molecule has 29 heavy (non-hydrogen) atoms. The van der Waals surface area contributed by atoms with Crippen LogP contribution in [0.3, 0.4) is 0 Å². The van der Waals surface area contributed by atoms with Gasteiger partial charge in [0.15, 0.2) is 11.6 Å². The molecule has 1 aromatic heterocycles. The van der Waals surface area contributed by atoms with Gasteiger partial charge in [-0.3, -0.25) is 0 Å². The fourth-order valence-corrected chi connectivity index (χ4v) is 3.05. The van der Waals surface area contributed by atoms with Crippen molar-refractivity contribution in [1.29, 1.82) is 0 Å². The molecule has 1 aromatic carbocycles. The molecule has 158 valence electrons. The highest BCUT2D eigenvalue weighted by Gasteiger charge is 2.03. The molecule has 0 radical (unpaired) electrons. The topological polar surface area (TPSA) is 44.2 Å². The Morgan fingerprint density at radius 2 is 1.38 bits per heavy atom. The molecule has 0 N–H and O–H groups in total. The second-order valence-electron chi connectivity index (χ2n) is 7.30. The second-order valence-corrected chi connectivity index (χ2v) is 7.30. The van der Waals surface area contributed by atoms with E-state index < -0.39 is 0 Å². The average molecular weight is 397 g/mol. The van der Waals surface area contributed by atoms with Crippen LogP contribution in [0.2, 0.25) is 0 Å². The molecule has 0 saturated carbocycles. The van der Waals surface area contributed by atoms with Crippen molar-refractivity contribution in [2.75, 3.05) is 13.2 Å². The number of aromatic nitrogens is 2. The summed E-state index contributed by atoms with van der Waals surface area (Å²) >= 11 is 0. The normalized spacial score (nSPS) is 11.1. The predicted octanol–water partition coefficient (Wildman–Crippen LogP) is 7.01. The molecule has 0 bridgehead atoms. The van der Waals surface area contributed by atoms with E-state index in [1.54, 1.807) is 12.4 Å². The smallest absolute Gasteiger partial charge is 0.159 e. The van der Waals surface area contributed by atoms with Gasteiger partial charge in [-0.05, 0) is 50.5 Å². The standard InChI is InChI=1S/C25H36N2O2/c1-3-5-7-9-10-11-13-18-28-23-16-14-22(15-17-23)25-26-20-24(21-27-25)29-19-12-8-6-4-2/h4,6,14-17,20-21H,3,5,7-13,18-19H2,1-2H3/b6-4+. The lowest BCUT2D eigenvalue weighted by Gasteiger charge is -2.08. The van der Waals surface area contributed by atoms with E-state index in [-0.39, 0.29) is 0 Å². The molecule has 2 rings (SSSR count). The number of benzene rings is 1. The summed E-state index contributed by atoms with van der Waals surface area (Å²) in [5, 5.41) is 0. The van der Waals surface area contributed by atoms with Gasteiger partial charge in [0.1, 0.15) is 5.75 Å². The summed E-state index contributed by atoms with van der Waals surface area (Å²) < 4.78 is 11.5. The van der Waals surface area contributed by atoms with Gasteiger partial charge in [0.05, 0.1) is 25.6 Å². The van der Waals surface area contributed by atoms with Gasteiger partial charge < -0.3 is 9.47 Å². The summed E-state index contributed by atoms with van der Waals surface area (Å²) in [6.45, 7) is 5.74. The summed E-state index contributed by atoms with van der Waals surface area (Å²) in [4.78, 5) is 8.84. The monoisotopic (exact) mass is 396 g/mol. The van der Waals surface area contributed by atoms with Crippen LogP contribution < -0.4 is 9.47 Å². The van der Waals surface area contributed by atoms with Gasteiger partial charge >= 0.3 is 0 Å². The van der Waals surface area contributed by atoms with E-state index >= 15 is 0 Å². The number of nitrogens with zero attached hydrogens (tertiary/aromatic N) is 2. The van der Waals surface area contributed by atoms with Crippen LogP contribution in [0.15, 0.2) is 48.8 Å². The Hall–Kier alpha value is -2.36. The first kappa shape index (κ1) is 22.9. The highest BCUT2D eigenvalue weighted by Crippen LogP contribution is 2.21. The van der Waals surface area contributed by atoms with Crippen LogP contribution in [0, 0.1) is 0 Å². The van der Waals surface area contributed by atoms with Gasteiger partial charge in [0.2, 0.25) is 0 Å². The minimum atomic E-state index is 0.678. The molecule has 2 aromatic rings. The van der Waals surface area contributed by atoms with Crippen molar-refractivity contribution in [2.24, 2.45) is 0 Å². The van der Waals surface area contributed by atoms with Crippen molar-refractivity contribution in [3.63, 3.8) is 0 Å². The molecule has 0 spiro atoms. The van der Waals surface area contributed by atoms with Gasteiger partial charge in [-0.15, -0.1) is 0 Å². The van der Waals surface area contributed by atoms with Gasteiger partial charge in [0.25, 0.3) is 0 Å². The minimum absolute atomic E-state index is 0.678. The zero-order valence-electron chi connectivity index (χ0n) is 18.1. The molecule has 4 heteroatoms. The molecule has 0 aliphatic rings.